The minimum atomic E-state index is 0.867. The summed E-state index contributed by atoms with van der Waals surface area (Å²) in [7, 11) is 3.90. The molecule has 0 fully saturated rings. The molecule has 0 saturated heterocycles. The van der Waals surface area contributed by atoms with Crippen molar-refractivity contribution in [2.45, 2.75) is 0 Å². The maximum atomic E-state index is 4.60. The van der Waals surface area contributed by atoms with Gasteiger partial charge in [0.2, 0.25) is 0 Å². The summed E-state index contributed by atoms with van der Waals surface area (Å²) < 4.78 is 0. The van der Waals surface area contributed by atoms with Gasteiger partial charge in [0.15, 0.2) is 11.6 Å². The van der Waals surface area contributed by atoms with Crippen molar-refractivity contribution in [1.82, 2.24) is 9.97 Å². The van der Waals surface area contributed by atoms with Crippen LogP contribution in [-0.2, 0) is 0 Å². The van der Waals surface area contributed by atoms with Crippen LogP contribution < -0.4 is 9.80 Å². The minimum Gasteiger partial charge on any atom is -0.313 e. The van der Waals surface area contributed by atoms with Crippen molar-refractivity contribution in [2.24, 2.45) is 0 Å². The van der Waals surface area contributed by atoms with Gasteiger partial charge in [-0.15, -0.1) is 0 Å². The molecule has 80 valence electrons. The number of hydrogen-bond donors (Lipinski definition) is 0. The number of nitrogens with zero attached hydrogens (tertiary/aromatic N) is 4. The van der Waals surface area contributed by atoms with E-state index in [9.17, 15) is 0 Å². The molecule has 2 aromatic rings. The number of anilines is 2. The van der Waals surface area contributed by atoms with Crippen molar-refractivity contribution in [3.8, 4) is 0 Å². The van der Waals surface area contributed by atoms with E-state index in [1.807, 2.05) is 48.2 Å². The zero-order chi connectivity index (χ0) is 11.3. The Kier molecular flexibility index (Phi) is 1.68. The van der Waals surface area contributed by atoms with Gasteiger partial charge < -0.3 is 9.80 Å². The lowest BCUT2D eigenvalue weighted by molar-refractivity contribution is 1.04. The maximum absolute atomic E-state index is 4.60. The lowest BCUT2D eigenvalue weighted by Crippen LogP contribution is -2.20. The van der Waals surface area contributed by atoms with E-state index < -0.39 is 0 Å². The van der Waals surface area contributed by atoms with Gasteiger partial charge in [-0.3, -0.25) is 0 Å². The summed E-state index contributed by atoms with van der Waals surface area (Å²) in [6.07, 6.45) is 0. The molecule has 0 amide bonds. The van der Waals surface area contributed by atoms with Crippen LogP contribution in [0, 0.1) is 0 Å². The van der Waals surface area contributed by atoms with Crippen molar-refractivity contribution in [3.05, 3.63) is 36.7 Å². The van der Waals surface area contributed by atoms with Crippen LogP contribution in [0.25, 0.3) is 11.0 Å². The lowest BCUT2D eigenvalue weighted by atomic mass is 10.3. The molecule has 16 heavy (non-hydrogen) atoms. The quantitative estimate of drug-likeness (QED) is 0.668. The Balaban J connectivity index is 2.33. The van der Waals surface area contributed by atoms with Crippen molar-refractivity contribution < 1.29 is 0 Å². The number of para-hydroxylation sites is 2. The molecule has 1 aromatic heterocycles. The van der Waals surface area contributed by atoms with Gasteiger partial charge in [0, 0.05) is 14.1 Å². The third kappa shape index (κ3) is 1.04. The monoisotopic (exact) mass is 212 g/mol. The summed E-state index contributed by atoms with van der Waals surface area (Å²) in [5.41, 5.74) is 1.83. The Morgan fingerprint density at radius 2 is 1.38 bits per heavy atom. The molecule has 0 aliphatic carbocycles. The molecule has 1 aliphatic rings. The summed E-state index contributed by atoms with van der Waals surface area (Å²) in [5.74, 6) is 2.63. The van der Waals surface area contributed by atoms with E-state index in [0.29, 0.717) is 0 Å². The SMILES string of the molecule is C=C1N(C)c2nc3ccccc3nc2N1C. The van der Waals surface area contributed by atoms with Gasteiger partial charge in [0.25, 0.3) is 0 Å². The highest BCUT2D eigenvalue weighted by atomic mass is 15.4. The van der Waals surface area contributed by atoms with E-state index >= 15 is 0 Å². The molecule has 4 nitrogen and oxygen atoms in total. The second-order valence-corrected chi connectivity index (χ2v) is 3.89. The standard InChI is InChI=1S/C12H12N4/c1-8-15(2)11-12(16(8)3)14-10-7-5-4-6-9(10)13-11/h4-7H,1H2,2-3H3. The largest absolute Gasteiger partial charge is 0.313 e. The molecular weight excluding hydrogens is 200 g/mol. The number of benzene rings is 1. The molecule has 2 heterocycles. The van der Waals surface area contributed by atoms with Crippen LogP contribution in [0.3, 0.4) is 0 Å². The zero-order valence-electron chi connectivity index (χ0n) is 9.31. The first-order chi connectivity index (χ1) is 7.68. The first kappa shape index (κ1) is 9.15. The molecule has 3 rings (SSSR count). The summed E-state index contributed by atoms with van der Waals surface area (Å²) in [6, 6.07) is 7.88. The molecule has 0 N–H and O–H groups in total. The second-order valence-electron chi connectivity index (χ2n) is 3.89. The third-order valence-corrected chi connectivity index (χ3v) is 2.94. The Morgan fingerprint density at radius 1 is 0.938 bits per heavy atom. The van der Waals surface area contributed by atoms with Crippen molar-refractivity contribution in [1.29, 1.82) is 0 Å². The van der Waals surface area contributed by atoms with Crippen LogP contribution in [0.4, 0.5) is 11.6 Å². The second kappa shape index (κ2) is 2.95. The summed E-state index contributed by atoms with van der Waals surface area (Å²) in [6.45, 7) is 3.99. The Labute approximate surface area is 93.8 Å². The van der Waals surface area contributed by atoms with E-state index in [1.165, 1.54) is 0 Å². The van der Waals surface area contributed by atoms with Gasteiger partial charge >= 0.3 is 0 Å². The van der Waals surface area contributed by atoms with Crippen molar-refractivity contribution >= 4 is 22.7 Å². The zero-order valence-corrected chi connectivity index (χ0v) is 9.31. The fraction of sp³-hybridized carbons (Fsp3) is 0.167. The summed E-state index contributed by atoms with van der Waals surface area (Å²) >= 11 is 0. The Hall–Kier alpha value is -2.10. The lowest BCUT2D eigenvalue weighted by Gasteiger charge is -2.14. The molecule has 1 aliphatic heterocycles. The van der Waals surface area contributed by atoms with Crippen LogP contribution >= 0.6 is 0 Å². The molecule has 0 atom stereocenters. The molecule has 1 aromatic carbocycles. The molecule has 0 unspecified atom stereocenters. The van der Waals surface area contributed by atoms with Crippen molar-refractivity contribution in [3.63, 3.8) is 0 Å². The summed E-state index contributed by atoms with van der Waals surface area (Å²) in [4.78, 5) is 13.1. The average Bonchev–Trinajstić information content (AvgIpc) is 2.52. The van der Waals surface area contributed by atoms with Gasteiger partial charge in [-0.1, -0.05) is 18.7 Å². The molecule has 4 heteroatoms. The van der Waals surface area contributed by atoms with E-state index in [0.717, 1.165) is 28.5 Å². The molecule has 0 radical (unpaired) electrons. The number of rotatable bonds is 0. The van der Waals surface area contributed by atoms with E-state index in [4.69, 9.17) is 0 Å². The number of aromatic nitrogens is 2. The molecule has 0 spiro atoms. The van der Waals surface area contributed by atoms with Crippen LogP contribution in [-0.4, -0.2) is 24.1 Å². The van der Waals surface area contributed by atoms with Crippen LogP contribution in [0.2, 0.25) is 0 Å². The molecule has 0 bridgehead atoms. The molecule has 0 saturated carbocycles. The van der Waals surface area contributed by atoms with Gasteiger partial charge in [0.1, 0.15) is 5.82 Å². The fourth-order valence-electron chi connectivity index (χ4n) is 1.90. The highest BCUT2D eigenvalue weighted by molar-refractivity contribution is 5.85. The van der Waals surface area contributed by atoms with Crippen LogP contribution in [0.15, 0.2) is 36.7 Å². The summed E-state index contributed by atoms with van der Waals surface area (Å²) in [5, 5.41) is 0. The van der Waals surface area contributed by atoms with Gasteiger partial charge in [-0.05, 0) is 12.1 Å². The minimum absolute atomic E-state index is 0.867. The average molecular weight is 212 g/mol. The topological polar surface area (TPSA) is 32.3 Å². The number of fused-ring (bicyclic) bond motifs is 2. The predicted molar refractivity (Wildman–Crippen MR) is 65.5 cm³/mol. The highest BCUT2D eigenvalue weighted by Crippen LogP contribution is 2.36. The Bertz CT molecular complexity index is 540. The predicted octanol–water partition coefficient (Wildman–Crippen LogP) is 1.99. The van der Waals surface area contributed by atoms with Gasteiger partial charge in [-0.2, -0.15) is 0 Å². The highest BCUT2D eigenvalue weighted by Gasteiger charge is 2.27. The van der Waals surface area contributed by atoms with Crippen LogP contribution in [0.1, 0.15) is 0 Å². The smallest absolute Gasteiger partial charge is 0.178 e. The third-order valence-electron chi connectivity index (χ3n) is 2.94. The van der Waals surface area contributed by atoms with Crippen molar-refractivity contribution in [2.75, 3.05) is 23.9 Å². The molecular formula is C12H12N4. The van der Waals surface area contributed by atoms with E-state index in [-0.39, 0.29) is 0 Å². The first-order valence-corrected chi connectivity index (χ1v) is 5.11. The fourth-order valence-corrected chi connectivity index (χ4v) is 1.90. The van der Waals surface area contributed by atoms with Crippen LogP contribution in [0.5, 0.6) is 0 Å². The van der Waals surface area contributed by atoms with Gasteiger partial charge in [-0.25, -0.2) is 9.97 Å². The number of hydrogen-bond acceptors (Lipinski definition) is 4. The normalized spacial score (nSPS) is 14.8. The van der Waals surface area contributed by atoms with Gasteiger partial charge in [0.05, 0.1) is 11.0 Å². The van der Waals surface area contributed by atoms with E-state index in [2.05, 4.69) is 16.5 Å². The Morgan fingerprint density at radius 3 is 1.81 bits per heavy atom. The first-order valence-electron chi connectivity index (χ1n) is 5.11. The van der Waals surface area contributed by atoms with E-state index in [1.54, 1.807) is 0 Å². The maximum Gasteiger partial charge on any atom is 0.178 e.